The van der Waals surface area contributed by atoms with Crippen molar-refractivity contribution < 1.29 is 4.79 Å². The molecule has 0 bridgehead atoms. The molecule has 0 radical (unpaired) electrons. The molecule has 0 spiro atoms. The maximum Gasteiger partial charge on any atom is 0.253 e. The van der Waals surface area contributed by atoms with Gasteiger partial charge in [0.1, 0.15) is 0 Å². The first-order valence-corrected chi connectivity index (χ1v) is 7.28. The highest BCUT2D eigenvalue weighted by molar-refractivity contribution is 6.18. The van der Waals surface area contributed by atoms with Gasteiger partial charge in [-0.3, -0.25) is 4.79 Å². The van der Waals surface area contributed by atoms with E-state index in [-0.39, 0.29) is 5.91 Å². The Kier molecular flexibility index (Phi) is 4.70. The van der Waals surface area contributed by atoms with Crippen LogP contribution in [0.3, 0.4) is 0 Å². The Morgan fingerprint density at radius 2 is 1.84 bits per heavy atom. The van der Waals surface area contributed by atoms with Crippen molar-refractivity contribution in [2.24, 2.45) is 5.92 Å². The van der Waals surface area contributed by atoms with Gasteiger partial charge >= 0.3 is 0 Å². The molecular formula is C15H21ClN2O. The fourth-order valence-corrected chi connectivity index (χ4v) is 2.68. The third-order valence-corrected chi connectivity index (χ3v) is 4.19. The standard InChI is InChI=1S/C15H21ClN2O/c1-17(2)14-5-3-13(4-6-14)15(19)18-9-7-12(11-16)8-10-18/h3-6,12H,7-11H2,1-2H3. The van der Waals surface area contributed by atoms with Crippen molar-refractivity contribution in [3.63, 3.8) is 0 Å². The second-order valence-corrected chi connectivity index (χ2v) is 5.64. The number of hydrogen-bond donors (Lipinski definition) is 0. The lowest BCUT2D eigenvalue weighted by Gasteiger charge is -2.31. The van der Waals surface area contributed by atoms with Crippen LogP contribution in [0.15, 0.2) is 24.3 Å². The highest BCUT2D eigenvalue weighted by Crippen LogP contribution is 2.21. The van der Waals surface area contributed by atoms with Crippen LogP contribution in [0.4, 0.5) is 5.69 Å². The van der Waals surface area contributed by atoms with Gasteiger partial charge in [0.25, 0.3) is 5.91 Å². The van der Waals surface area contributed by atoms with Crippen molar-refractivity contribution >= 4 is 23.2 Å². The van der Waals surface area contributed by atoms with Crippen molar-refractivity contribution in [1.29, 1.82) is 0 Å². The molecule has 104 valence electrons. The first-order valence-electron chi connectivity index (χ1n) is 6.74. The number of alkyl halides is 1. The van der Waals surface area contributed by atoms with E-state index in [1.165, 1.54) is 0 Å². The summed E-state index contributed by atoms with van der Waals surface area (Å²) in [6.07, 6.45) is 2.04. The fourth-order valence-electron chi connectivity index (χ4n) is 2.38. The van der Waals surface area contributed by atoms with E-state index in [0.29, 0.717) is 11.8 Å². The van der Waals surface area contributed by atoms with Crippen molar-refractivity contribution in [2.45, 2.75) is 12.8 Å². The lowest BCUT2D eigenvalue weighted by Crippen LogP contribution is -2.38. The first kappa shape index (κ1) is 14.2. The summed E-state index contributed by atoms with van der Waals surface area (Å²) in [5, 5.41) is 0. The molecule has 1 aliphatic rings. The summed E-state index contributed by atoms with van der Waals surface area (Å²) in [5.74, 6) is 1.42. The predicted molar refractivity (Wildman–Crippen MR) is 80.1 cm³/mol. The zero-order valence-corrected chi connectivity index (χ0v) is 12.4. The van der Waals surface area contributed by atoms with Gasteiger partial charge in [0, 0.05) is 44.3 Å². The molecule has 2 rings (SSSR count). The summed E-state index contributed by atoms with van der Waals surface area (Å²) in [6, 6.07) is 7.79. The molecule has 1 amide bonds. The van der Waals surface area contributed by atoms with Gasteiger partial charge in [0.2, 0.25) is 0 Å². The molecule has 1 aliphatic heterocycles. The van der Waals surface area contributed by atoms with Gasteiger partial charge in [0.15, 0.2) is 0 Å². The highest BCUT2D eigenvalue weighted by Gasteiger charge is 2.22. The van der Waals surface area contributed by atoms with E-state index in [2.05, 4.69) is 0 Å². The summed E-state index contributed by atoms with van der Waals surface area (Å²) in [6.45, 7) is 1.65. The van der Waals surface area contributed by atoms with Crippen LogP contribution in [0.2, 0.25) is 0 Å². The third kappa shape index (κ3) is 3.41. The summed E-state index contributed by atoms with van der Waals surface area (Å²) in [7, 11) is 3.99. The van der Waals surface area contributed by atoms with Crippen LogP contribution >= 0.6 is 11.6 Å². The molecule has 0 saturated carbocycles. The maximum absolute atomic E-state index is 12.4. The first-order chi connectivity index (χ1) is 9.11. The molecule has 1 saturated heterocycles. The summed E-state index contributed by atoms with van der Waals surface area (Å²) >= 11 is 5.86. The fraction of sp³-hybridized carbons (Fsp3) is 0.533. The van der Waals surface area contributed by atoms with Gasteiger partial charge in [-0.25, -0.2) is 0 Å². The molecule has 0 unspecified atom stereocenters. The Labute approximate surface area is 120 Å². The number of amides is 1. The van der Waals surface area contributed by atoms with E-state index < -0.39 is 0 Å². The van der Waals surface area contributed by atoms with Gasteiger partial charge in [0.05, 0.1) is 0 Å². The van der Waals surface area contributed by atoms with Gasteiger partial charge in [-0.05, 0) is 43.0 Å². The molecule has 3 nitrogen and oxygen atoms in total. The number of rotatable bonds is 3. The number of hydrogen-bond acceptors (Lipinski definition) is 2. The lowest BCUT2D eigenvalue weighted by molar-refractivity contribution is 0.0698. The number of carbonyl (C=O) groups is 1. The summed E-state index contributed by atoms with van der Waals surface area (Å²) < 4.78 is 0. The van der Waals surface area contributed by atoms with E-state index in [0.717, 1.165) is 37.2 Å². The van der Waals surface area contributed by atoms with Crippen molar-refractivity contribution in [3.8, 4) is 0 Å². The Balaban J connectivity index is 2.00. The average molecular weight is 281 g/mol. The molecule has 4 heteroatoms. The van der Waals surface area contributed by atoms with E-state index in [1.54, 1.807) is 0 Å². The summed E-state index contributed by atoms with van der Waals surface area (Å²) in [4.78, 5) is 16.3. The zero-order valence-electron chi connectivity index (χ0n) is 11.6. The minimum Gasteiger partial charge on any atom is -0.378 e. The smallest absolute Gasteiger partial charge is 0.253 e. The second-order valence-electron chi connectivity index (χ2n) is 5.33. The van der Waals surface area contributed by atoms with Crippen LogP contribution in [0, 0.1) is 5.92 Å². The molecule has 0 aromatic heterocycles. The van der Waals surface area contributed by atoms with Gasteiger partial charge in [-0.2, -0.15) is 0 Å². The minimum atomic E-state index is 0.137. The topological polar surface area (TPSA) is 23.6 Å². The van der Waals surface area contributed by atoms with E-state index in [9.17, 15) is 4.79 Å². The number of nitrogens with zero attached hydrogens (tertiary/aromatic N) is 2. The SMILES string of the molecule is CN(C)c1ccc(C(=O)N2CCC(CCl)CC2)cc1. The molecule has 19 heavy (non-hydrogen) atoms. The second kappa shape index (κ2) is 6.29. The third-order valence-electron chi connectivity index (χ3n) is 3.75. The average Bonchev–Trinajstić information content (AvgIpc) is 2.46. The van der Waals surface area contributed by atoms with E-state index in [4.69, 9.17) is 11.6 Å². The van der Waals surface area contributed by atoms with Crippen molar-refractivity contribution in [2.75, 3.05) is 38.0 Å². The van der Waals surface area contributed by atoms with Gasteiger partial charge in [-0.1, -0.05) is 0 Å². The Morgan fingerprint density at radius 3 is 2.32 bits per heavy atom. The number of benzene rings is 1. The summed E-state index contributed by atoms with van der Waals surface area (Å²) in [5.41, 5.74) is 1.88. The quantitative estimate of drug-likeness (QED) is 0.795. The molecule has 0 atom stereocenters. The van der Waals surface area contributed by atoms with Crippen LogP contribution in [0.5, 0.6) is 0 Å². The maximum atomic E-state index is 12.4. The van der Waals surface area contributed by atoms with Crippen molar-refractivity contribution in [1.82, 2.24) is 4.90 Å². The number of piperidine rings is 1. The van der Waals surface area contributed by atoms with Crippen molar-refractivity contribution in [3.05, 3.63) is 29.8 Å². The predicted octanol–water partition coefficient (Wildman–Crippen LogP) is 2.84. The number of likely N-dealkylation sites (tertiary alicyclic amines) is 1. The largest absolute Gasteiger partial charge is 0.378 e. The molecule has 1 aromatic carbocycles. The highest BCUT2D eigenvalue weighted by atomic mass is 35.5. The molecule has 0 N–H and O–H groups in total. The van der Waals surface area contributed by atoms with Crippen LogP contribution in [0.1, 0.15) is 23.2 Å². The van der Waals surface area contributed by atoms with Gasteiger partial charge in [-0.15, -0.1) is 11.6 Å². The number of halogens is 1. The van der Waals surface area contributed by atoms with E-state index in [1.807, 2.05) is 48.2 Å². The normalized spacial score (nSPS) is 16.5. The van der Waals surface area contributed by atoms with Crippen LogP contribution < -0.4 is 4.90 Å². The Morgan fingerprint density at radius 1 is 1.26 bits per heavy atom. The van der Waals surface area contributed by atoms with Crippen LogP contribution in [-0.2, 0) is 0 Å². The van der Waals surface area contributed by atoms with Gasteiger partial charge < -0.3 is 9.80 Å². The molecule has 1 aromatic rings. The zero-order chi connectivity index (χ0) is 13.8. The number of anilines is 1. The van der Waals surface area contributed by atoms with E-state index >= 15 is 0 Å². The molecule has 0 aliphatic carbocycles. The lowest BCUT2D eigenvalue weighted by atomic mass is 9.98. The molecule has 1 fully saturated rings. The van der Waals surface area contributed by atoms with Crippen LogP contribution in [-0.4, -0.2) is 43.9 Å². The molecule has 1 heterocycles. The van der Waals surface area contributed by atoms with Crippen LogP contribution in [0.25, 0.3) is 0 Å². The minimum absolute atomic E-state index is 0.137. The Bertz CT molecular complexity index is 422. The Hall–Kier alpha value is -1.22. The monoisotopic (exact) mass is 280 g/mol. The number of carbonyl (C=O) groups excluding carboxylic acids is 1. The molecular weight excluding hydrogens is 260 g/mol.